The van der Waals surface area contributed by atoms with E-state index in [1.165, 1.54) is 51.7 Å². The molecule has 2 heteroatoms. The molecule has 1 N–H and O–H groups in total. The third-order valence-electron chi connectivity index (χ3n) is 4.32. The van der Waals surface area contributed by atoms with Gasteiger partial charge in [0.1, 0.15) is 0 Å². The van der Waals surface area contributed by atoms with Crippen LogP contribution in [0.2, 0.25) is 0 Å². The van der Waals surface area contributed by atoms with Gasteiger partial charge in [-0.3, -0.25) is 0 Å². The van der Waals surface area contributed by atoms with Gasteiger partial charge >= 0.3 is 0 Å². The molecule has 0 aromatic carbocycles. The minimum absolute atomic E-state index is 0.727. The highest BCUT2D eigenvalue weighted by Crippen LogP contribution is 2.23. The molecular formula is C13H26N2. The van der Waals surface area contributed by atoms with Gasteiger partial charge in [0.25, 0.3) is 0 Å². The predicted octanol–water partition coefficient (Wildman–Crippen LogP) is 2.25. The largest absolute Gasteiger partial charge is 0.311 e. The van der Waals surface area contributed by atoms with Gasteiger partial charge in [-0.15, -0.1) is 0 Å². The van der Waals surface area contributed by atoms with Crippen LogP contribution in [-0.2, 0) is 0 Å². The van der Waals surface area contributed by atoms with Crippen LogP contribution in [0.1, 0.15) is 46.0 Å². The van der Waals surface area contributed by atoms with Crippen LogP contribution in [-0.4, -0.2) is 36.6 Å². The van der Waals surface area contributed by atoms with E-state index in [2.05, 4.69) is 24.1 Å². The van der Waals surface area contributed by atoms with Gasteiger partial charge in [-0.2, -0.15) is 0 Å². The molecule has 15 heavy (non-hydrogen) atoms. The highest BCUT2D eigenvalue weighted by Gasteiger charge is 2.27. The van der Waals surface area contributed by atoms with Gasteiger partial charge in [0.2, 0.25) is 0 Å². The second kappa shape index (κ2) is 5.31. The van der Waals surface area contributed by atoms with E-state index in [-0.39, 0.29) is 0 Å². The summed E-state index contributed by atoms with van der Waals surface area (Å²) < 4.78 is 0. The molecular weight excluding hydrogens is 184 g/mol. The average Bonchev–Trinajstić information content (AvgIpc) is 2.86. The standard InChI is InChI=1S/C13H26N2/c1-3-15-9-8-12(10-15)11(2)14-13-6-4-5-7-13/h11-14H,3-10H2,1-2H3. The number of hydrogen-bond acceptors (Lipinski definition) is 2. The number of rotatable bonds is 4. The molecule has 0 aromatic rings. The fraction of sp³-hybridized carbons (Fsp3) is 1.00. The van der Waals surface area contributed by atoms with Gasteiger partial charge in [0.05, 0.1) is 0 Å². The van der Waals surface area contributed by atoms with Crippen molar-refractivity contribution < 1.29 is 0 Å². The zero-order valence-electron chi connectivity index (χ0n) is 10.3. The van der Waals surface area contributed by atoms with Crippen molar-refractivity contribution in [3.8, 4) is 0 Å². The SMILES string of the molecule is CCN1CCC(C(C)NC2CCCC2)C1. The molecule has 2 rings (SSSR count). The monoisotopic (exact) mass is 210 g/mol. The lowest BCUT2D eigenvalue weighted by atomic mass is 9.99. The second-order valence-electron chi connectivity index (χ2n) is 5.38. The lowest BCUT2D eigenvalue weighted by Gasteiger charge is -2.24. The van der Waals surface area contributed by atoms with E-state index in [0.29, 0.717) is 0 Å². The first-order chi connectivity index (χ1) is 7.29. The van der Waals surface area contributed by atoms with E-state index in [0.717, 1.165) is 18.0 Å². The van der Waals surface area contributed by atoms with E-state index in [9.17, 15) is 0 Å². The maximum absolute atomic E-state index is 3.84. The molecule has 1 saturated heterocycles. The minimum atomic E-state index is 0.727. The molecule has 1 aliphatic carbocycles. The van der Waals surface area contributed by atoms with Crippen LogP contribution < -0.4 is 5.32 Å². The van der Waals surface area contributed by atoms with Crippen molar-refractivity contribution >= 4 is 0 Å². The lowest BCUT2D eigenvalue weighted by Crippen LogP contribution is -2.40. The van der Waals surface area contributed by atoms with Crippen LogP contribution in [0.25, 0.3) is 0 Å². The van der Waals surface area contributed by atoms with E-state index in [1.807, 2.05) is 0 Å². The molecule has 88 valence electrons. The van der Waals surface area contributed by atoms with Crippen molar-refractivity contribution in [2.75, 3.05) is 19.6 Å². The zero-order chi connectivity index (χ0) is 10.7. The van der Waals surface area contributed by atoms with E-state index in [4.69, 9.17) is 0 Å². The van der Waals surface area contributed by atoms with Gasteiger partial charge in [0, 0.05) is 18.6 Å². The minimum Gasteiger partial charge on any atom is -0.311 e. The van der Waals surface area contributed by atoms with Crippen LogP contribution in [0, 0.1) is 5.92 Å². The summed E-state index contributed by atoms with van der Waals surface area (Å²) in [6, 6.07) is 1.56. The molecule has 1 heterocycles. The molecule has 2 unspecified atom stereocenters. The first-order valence-electron chi connectivity index (χ1n) is 6.78. The van der Waals surface area contributed by atoms with Crippen molar-refractivity contribution in [2.24, 2.45) is 5.92 Å². The Kier molecular flexibility index (Phi) is 4.04. The quantitative estimate of drug-likeness (QED) is 0.765. The van der Waals surface area contributed by atoms with Crippen molar-refractivity contribution in [2.45, 2.75) is 58.0 Å². The molecule has 1 saturated carbocycles. The Balaban J connectivity index is 1.73. The van der Waals surface area contributed by atoms with Gasteiger partial charge in [-0.1, -0.05) is 19.8 Å². The van der Waals surface area contributed by atoms with Gasteiger partial charge in [0.15, 0.2) is 0 Å². The Morgan fingerprint density at radius 3 is 2.60 bits per heavy atom. The Hall–Kier alpha value is -0.0800. The molecule has 0 aromatic heterocycles. The van der Waals surface area contributed by atoms with Crippen LogP contribution in [0.3, 0.4) is 0 Å². The maximum atomic E-state index is 3.84. The van der Waals surface area contributed by atoms with Crippen LogP contribution in [0.5, 0.6) is 0 Å². The zero-order valence-corrected chi connectivity index (χ0v) is 10.3. The van der Waals surface area contributed by atoms with Crippen molar-refractivity contribution in [3.63, 3.8) is 0 Å². The van der Waals surface area contributed by atoms with Crippen molar-refractivity contribution in [1.29, 1.82) is 0 Å². The van der Waals surface area contributed by atoms with Gasteiger partial charge in [-0.25, -0.2) is 0 Å². The molecule has 2 aliphatic rings. The Labute approximate surface area is 94.4 Å². The third kappa shape index (κ3) is 2.94. The van der Waals surface area contributed by atoms with Gasteiger partial charge in [-0.05, 0) is 45.2 Å². The molecule has 0 amide bonds. The smallest absolute Gasteiger partial charge is 0.00822 e. The number of hydrogen-bond donors (Lipinski definition) is 1. The normalized spacial score (nSPS) is 31.2. The molecule has 0 spiro atoms. The average molecular weight is 210 g/mol. The highest BCUT2D eigenvalue weighted by atomic mass is 15.1. The number of nitrogens with zero attached hydrogens (tertiary/aromatic N) is 1. The number of nitrogens with one attached hydrogen (secondary N) is 1. The van der Waals surface area contributed by atoms with E-state index >= 15 is 0 Å². The first-order valence-corrected chi connectivity index (χ1v) is 6.78. The maximum Gasteiger partial charge on any atom is 0.00822 e. The summed E-state index contributed by atoms with van der Waals surface area (Å²) >= 11 is 0. The first kappa shape index (κ1) is 11.4. The number of likely N-dealkylation sites (tertiary alicyclic amines) is 1. The topological polar surface area (TPSA) is 15.3 Å². The fourth-order valence-corrected chi connectivity index (χ4v) is 3.16. The summed E-state index contributed by atoms with van der Waals surface area (Å²) in [5.74, 6) is 0.894. The van der Waals surface area contributed by atoms with E-state index in [1.54, 1.807) is 0 Å². The third-order valence-corrected chi connectivity index (χ3v) is 4.32. The molecule has 2 fully saturated rings. The Bertz CT molecular complexity index is 187. The fourth-order valence-electron chi connectivity index (χ4n) is 3.16. The molecule has 1 aliphatic heterocycles. The molecule has 0 radical (unpaired) electrons. The predicted molar refractivity (Wildman–Crippen MR) is 65.1 cm³/mol. The van der Waals surface area contributed by atoms with Gasteiger partial charge < -0.3 is 10.2 Å². The molecule has 0 bridgehead atoms. The second-order valence-corrected chi connectivity index (χ2v) is 5.38. The molecule has 2 nitrogen and oxygen atoms in total. The summed E-state index contributed by atoms with van der Waals surface area (Å²) in [6.07, 6.45) is 7.10. The summed E-state index contributed by atoms with van der Waals surface area (Å²) in [5, 5.41) is 3.84. The van der Waals surface area contributed by atoms with Crippen LogP contribution in [0.4, 0.5) is 0 Å². The lowest BCUT2D eigenvalue weighted by molar-refractivity contribution is 0.303. The summed E-state index contributed by atoms with van der Waals surface area (Å²) in [4.78, 5) is 2.58. The highest BCUT2D eigenvalue weighted by molar-refractivity contribution is 4.85. The Morgan fingerprint density at radius 2 is 2.00 bits per heavy atom. The summed E-state index contributed by atoms with van der Waals surface area (Å²) in [5.41, 5.74) is 0. The van der Waals surface area contributed by atoms with Crippen molar-refractivity contribution in [1.82, 2.24) is 10.2 Å². The Morgan fingerprint density at radius 1 is 1.27 bits per heavy atom. The molecule has 2 atom stereocenters. The van der Waals surface area contributed by atoms with E-state index < -0.39 is 0 Å². The summed E-state index contributed by atoms with van der Waals surface area (Å²) in [7, 11) is 0. The van der Waals surface area contributed by atoms with Crippen molar-refractivity contribution in [3.05, 3.63) is 0 Å². The van der Waals surface area contributed by atoms with Crippen LogP contribution in [0.15, 0.2) is 0 Å². The summed E-state index contributed by atoms with van der Waals surface area (Å²) in [6.45, 7) is 8.53. The van der Waals surface area contributed by atoms with Crippen LogP contribution >= 0.6 is 0 Å².